The number of halogens is 2. The molecule has 2 rings (SSSR count). The van der Waals surface area contributed by atoms with Crippen LogP contribution in [0.25, 0.3) is 5.69 Å². The second-order valence-corrected chi connectivity index (χ2v) is 5.50. The average molecular weight is 315 g/mol. The Morgan fingerprint density at radius 3 is 2.59 bits per heavy atom. The van der Waals surface area contributed by atoms with Gasteiger partial charge in [0.15, 0.2) is 0 Å². The van der Waals surface area contributed by atoms with Crippen molar-refractivity contribution in [2.24, 2.45) is 0 Å². The smallest absolute Gasteiger partial charge is 0.229 e. The summed E-state index contributed by atoms with van der Waals surface area (Å²) in [5.41, 5.74) is 2.15. The van der Waals surface area contributed by atoms with Crippen LogP contribution in [0.1, 0.15) is 31.2 Å². The Kier molecular flexibility index (Phi) is 3.54. The van der Waals surface area contributed by atoms with Crippen LogP contribution in [0.3, 0.4) is 0 Å². The van der Waals surface area contributed by atoms with Crippen molar-refractivity contribution in [3.05, 3.63) is 39.3 Å². The standard InChI is InChI=1S/C12H13BrClN3/c1-7(2)11-15-16-12(14)17(11)10-5-4-9(13)6-8(10)3/h4-7H,1-3H3. The lowest BCUT2D eigenvalue weighted by Crippen LogP contribution is -2.04. The zero-order valence-electron chi connectivity index (χ0n) is 9.91. The van der Waals surface area contributed by atoms with Gasteiger partial charge in [-0.3, -0.25) is 4.57 Å². The summed E-state index contributed by atoms with van der Waals surface area (Å²) in [6.07, 6.45) is 0. The van der Waals surface area contributed by atoms with Crippen LogP contribution in [0.4, 0.5) is 0 Å². The van der Waals surface area contributed by atoms with Gasteiger partial charge in [0.1, 0.15) is 5.82 Å². The first-order chi connectivity index (χ1) is 8.00. The molecular formula is C12H13BrClN3. The van der Waals surface area contributed by atoms with Crippen molar-refractivity contribution in [3.8, 4) is 5.69 Å². The van der Waals surface area contributed by atoms with Crippen molar-refractivity contribution >= 4 is 27.5 Å². The molecule has 1 heterocycles. The molecule has 90 valence electrons. The average Bonchev–Trinajstić information content (AvgIpc) is 2.60. The molecule has 0 bridgehead atoms. The lowest BCUT2D eigenvalue weighted by molar-refractivity contribution is 0.744. The molecule has 2 aromatic rings. The van der Waals surface area contributed by atoms with Gasteiger partial charge in [-0.2, -0.15) is 0 Å². The van der Waals surface area contributed by atoms with Crippen LogP contribution in [-0.2, 0) is 0 Å². The summed E-state index contributed by atoms with van der Waals surface area (Å²) >= 11 is 9.56. The highest BCUT2D eigenvalue weighted by Gasteiger charge is 2.16. The third-order valence-corrected chi connectivity index (χ3v) is 3.30. The van der Waals surface area contributed by atoms with Crippen LogP contribution in [-0.4, -0.2) is 14.8 Å². The van der Waals surface area contributed by atoms with E-state index in [9.17, 15) is 0 Å². The molecule has 0 N–H and O–H groups in total. The molecule has 5 heteroatoms. The molecule has 1 aromatic heterocycles. The molecule has 0 aliphatic rings. The van der Waals surface area contributed by atoms with E-state index in [2.05, 4.69) is 46.0 Å². The third kappa shape index (κ3) is 2.38. The van der Waals surface area contributed by atoms with Crippen molar-refractivity contribution in [1.29, 1.82) is 0 Å². The van der Waals surface area contributed by atoms with E-state index in [1.165, 1.54) is 0 Å². The van der Waals surface area contributed by atoms with Crippen LogP contribution in [0, 0.1) is 6.92 Å². The second kappa shape index (κ2) is 4.78. The van der Waals surface area contributed by atoms with Crippen LogP contribution in [0.5, 0.6) is 0 Å². The van der Waals surface area contributed by atoms with E-state index in [1.54, 1.807) is 0 Å². The van der Waals surface area contributed by atoms with Crippen LogP contribution in [0.15, 0.2) is 22.7 Å². The van der Waals surface area contributed by atoms with E-state index in [4.69, 9.17) is 11.6 Å². The predicted molar refractivity (Wildman–Crippen MR) is 72.9 cm³/mol. The van der Waals surface area contributed by atoms with Gasteiger partial charge in [0, 0.05) is 10.4 Å². The van der Waals surface area contributed by atoms with Crippen LogP contribution >= 0.6 is 27.5 Å². The number of nitrogens with zero attached hydrogens (tertiary/aromatic N) is 3. The molecule has 1 aromatic carbocycles. The van der Waals surface area contributed by atoms with Gasteiger partial charge in [-0.15, -0.1) is 10.2 Å². The van der Waals surface area contributed by atoms with Crippen molar-refractivity contribution in [2.75, 3.05) is 0 Å². The van der Waals surface area contributed by atoms with Gasteiger partial charge < -0.3 is 0 Å². The summed E-state index contributed by atoms with van der Waals surface area (Å²) in [5, 5.41) is 8.47. The van der Waals surface area contributed by atoms with Gasteiger partial charge in [0.25, 0.3) is 0 Å². The summed E-state index contributed by atoms with van der Waals surface area (Å²) < 4.78 is 2.95. The first kappa shape index (κ1) is 12.6. The Hall–Kier alpha value is -0.870. The quantitative estimate of drug-likeness (QED) is 0.835. The monoisotopic (exact) mass is 313 g/mol. The van der Waals surface area contributed by atoms with Crippen LogP contribution < -0.4 is 0 Å². The van der Waals surface area contributed by atoms with Gasteiger partial charge in [0.05, 0.1) is 5.69 Å². The van der Waals surface area contributed by atoms with Crippen molar-refractivity contribution in [3.63, 3.8) is 0 Å². The fraction of sp³-hybridized carbons (Fsp3) is 0.333. The van der Waals surface area contributed by atoms with Gasteiger partial charge >= 0.3 is 0 Å². The van der Waals surface area contributed by atoms with E-state index >= 15 is 0 Å². The fourth-order valence-electron chi connectivity index (χ4n) is 1.74. The SMILES string of the molecule is Cc1cc(Br)ccc1-n1c(Cl)nnc1C(C)C. The van der Waals surface area contributed by atoms with Gasteiger partial charge in [-0.25, -0.2) is 0 Å². The van der Waals surface area contributed by atoms with E-state index in [0.717, 1.165) is 21.5 Å². The second-order valence-electron chi connectivity index (χ2n) is 4.25. The Bertz CT molecular complexity index is 549. The number of rotatable bonds is 2. The fourth-order valence-corrected chi connectivity index (χ4v) is 2.43. The highest BCUT2D eigenvalue weighted by molar-refractivity contribution is 9.10. The van der Waals surface area contributed by atoms with Gasteiger partial charge in [-0.1, -0.05) is 29.8 Å². The maximum absolute atomic E-state index is 6.11. The zero-order valence-corrected chi connectivity index (χ0v) is 12.2. The number of hydrogen-bond acceptors (Lipinski definition) is 2. The third-order valence-electron chi connectivity index (χ3n) is 2.56. The minimum atomic E-state index is 0.276. The lowest BCUT2D eigenvalue weighted by Gasteiger charge is -2.12. The number of aromatic nitrogens is 3. The zero-order chi connectivity index (χ0) is 12.6. The number of aryl methyl sites for hydroxylation is 1. The molecule has 0 amide bonds. The summed E-state index contributed by atoms with van der Waals surface area (Å²) in [5.74, 6) is 1.15. The molecule has 0 aliphatic heterocycles. The van der Waals surface area contributed by atoms with Crippen LogP contribution in [0.2, 0.25) is 5.28 Å². The van der Waals surface area contributed by atoms with Gasteiger partial charge in [-0.05, 0) is 42.3 Å². The normalized spacial score (nSPS) is 11.2. The molecule has 0 atom stereocenters. The molecule has 0 radical (unpaired) electrons. The summed E-state index contributed by atoms with van der Waals surface area (Å²) in [7, 11) is 0. The first-order valence-electron chi connectivity index (χ1n) is 5.38. The van der Waals surface area contributed by atoms with Crippen molar-refractivity contribution in [1.82, 2.24) is 14.8 Å². The number of hydrogen-bond donors (Lipinski definition) is 0. The molecule has 17 heavy (non-hydrogen) atoms. The first-order valence-corrected chi connectivity index (χ1v) is 6.55. The molecule has 0 aliphatic carbocycles. The molecular weight excluding hydrogens is 302 g/mol. The molecule has 0 fully saturated rings. The van der Waals surface area contributed by atoms with E-state index in [0.29, 0.717) is 5.28 Å². The summed E-state index contributed by atoms with van der Waals surface area (Å²) in [6, 6.07) is 6.05. The molecule has 0 saturated carbocycles. The molecule has 3 nitrogen and oxygen atoms in total. The summed E-state index contributed by atoms with van der Waals surface area (Å²) in [4.78, 5) is 0. The minimum absolute atomic E-state index is 0.276. The Morgan fingerprint density at radius 2 is 2.00 bits per heavy atom. The predicted octanol–water partition coefficient (Wildman–Crippen LogP) is 4.12. The van der Waals surface area contributed by atoms with Crippen molar-refractivity contribution < 1.29 is 0 Å². The highest BCUT2D eigenvalue weighted by atomic mass is 79.9. The molecule has 0 saturated heterocycles. The Morgan fingerprint density at radius 1 is 1.29 bits per heavy atom. The highest BCUT2D eigenvalue weighted by Crippen LogP contribution is 2.26. The van der Waals surface area contributed by atoms with E-state index in [1.807, 2.05) is 23.6 Å². The van der Waals surface area contributed by atoms with E-state index in [-0.39, 0.29) is 5.92 Å². The topological polar surface area (TPSA) is 30.7 Å². The van der Waals surface area contributed by atoms with Crippen molar-refractivity contribution in [2.45, 2.75) is 26.7 Å². The Balaban J connectivity index is 2.63. The minimum Gasteiger partial charge on any atom is -0.269 e. The maximum atomic E-state index is 6.11. The molecule has 0 spiro atoms. The maximum Gasteiger partial charge on any atom is 0.229 e. The van der Waals surface area contributed by atoms with Gasteiger partial charge in [0.2, 0.25) is 5.28 Å². The largest absolute Gasteiger partial charge is 0.269 e. The molecule has 0 unspecified atom stereocenters. The summed E-state index contributed by atoms with van der Waals surface area (Å²) in [6.45, 7) is 6.19. The Labute approximate surface area is 114 Å². The number of benzene rings is 1. The lowest BCUT2D eigenvalue weighted by atomic mass is 10.1. The van der Waals surface area contributed by atoms with E-state index < -0.39 is 0 Å².